The number of halogens is 2. The molecule has 0 radical (unpaired) electrons. The zero-order valence-corrected chi connectivity index (χ0v) is 10.5. The highest BCUT2D eigenvalue weighted by molar-refractivity contribution is 5.83. The van der Waals surface area contributed by atoms with Crippen molar-refractivity contribution in [1.82, 2.24) is 5.32 Å². The number of hydrogen-bond donors (Lipinski definition) is 2. The summed E-state index contributed by atoms with van der Waals surface area (Å²) in [5.41, 5.74) is 0. The highest BCUT2D eigenvalue weighted by Gasteiger charge is 2.24. The van der Waals surface area contributed by atoms with Gasteiger partial charge in [-0.15, -0.1) is 0 Å². The number of aliphatic carboxylic acids is 1. The van der Waals surface area contributed by atoms with Crippen molar-refractivity contribution in [3.8, 4) is 0 Å². The van der Waals surface area contributed by atoms with Crippen LogP contribution in [0.25, 0.3) is 0 Å². The number of nitrogens with one attached hydrogen (secondary N) is 1. The number of carboxylic acids is 1. The highest BCUT2D eigenvalue weighted by Crippen LogP contribution is 2.08. The molecule has 0 saturated carbocycles. The minimum Gasteiger partial charge on any atom is -0.480 e. The van der Waals surface area contributed by atoms with Crippen LogP contribution in [0.5, 0.6) is 0 Å². The maximum Gasteiger partial charge on any atom is 0.326 e. The Balaban J connectivity index is 4.00. The first kappa shape index (κ1) is 16.8. The number of amides is 1. The van der Waals surface area contributed by atoms with E-state index in [0.717, 1.165) is 0 Å². The molecule has 0 aromatic rings. The van der Waals surface area contributed by atoms with Gasteiger partial charge in [0.05, 0.1) is 6.61 Å². The number of carbonyl (C=O) groups is 2. The Labute approximate surface area is 105 Å². The lowest BCUT2D eigenvalue weighted by atomic mass is 9.99. The molecule has 0 aliphatic heterocycles. The van der Waals surface area contributed by atoms with Crippen molar-refractivity contribution in [2.75, 3.05) is 13.2 Å². The van der Waals surface area contributed by atoms with Crippen LogP contribution in [0, 0.1) is 5.92 Å². The summed E-state index contributed by atoms with van der Waals surface area (Å²) in [6.45, 7) is 2.66. The number of carboxylic acid groups (broad SMARTS) is 1. The van der Waals surface area contributed by atoms with Crippen molar-refractivity contribution >= 4 is 11.9 Å². The fourth-order valence-electron chi connectivity index (χ4n) is 1.27. The summed E-state index contributed by atoms with van der Waals surface area (Å²) < 4.78 is 28.0. The SMILES string of the molecule is CCC(C)C(NC(=O)CCOCC(F)F)C(=O)O. The van der Waals surface area contributed by atoms with Gasteiger partial charge in [0.1, 0.15) is 12.6 Å². The quantitative estimate of drug-likeness (QED) is 0.617. The van der Waals surface area contributed by atoms with Gasteiger partial charge in [-0.3, -0.25) is 4.79 Å². The minimum atomic E-state index is -2.57. The van der Waals surface area contributed by atoms with Gasteiger partial charge >= 0.3 is 5.97 Å². The molecular formula is C11H19F2NO4. The van der Waals surface area contributed by atoms with Gasteiger partial charge in [0.15, 0.2) is 0 Å². The Morgan fingerprint density at radius 3 is 2.44 bits per heavy atom. The summed E-state index contributed by atoms with van der Waals surface area (Å²) in [7, 11) is 0. The van der Waals surface area contributed by atoms with Crippen LogP contribution in [0.2, 0.25) is 0 Å². The molecule has 0 aromatic carbocycles. The molecule has 7 heteroatoms. The number of ether oxygens (including phenoxy) is 1. The summed E-state index contributed by atoms with van der Waals surface area (Å²) in [6, 6.07) is -0.961. The van der Waals surface area contributed by atoms with E-state index in [2.05, 4.69) is 10.1 Å². The van der Waals surface area contributed by atoms with Crippen molar-refractivity contribution < 1.29 is 28.2 Å². The third kappa shape index (κ3) is 7.16. The molecule has 106 valence electrons. The van der Waals surface area contributed by atoms with Crippen LogP contribution in [-0.4, -0.2) is 42.7 Å². The second-order valence-corrected chi connectivity index (χ2v) is 3.98. The molecule has 0 heterocycles. The average Bonchev–Trinajstić information content (AvgIpc) is 2.30. The topological polar surface area (TPSA) is 75.6 Å². The molecular weight excluding hydrogens is 248 g/mol. The molecule has 2 atom stereocenters. The van der Waals surface area contributed by atoms with E-state index in [1.807, 2.05) is 6.92 Å². The standard InChI is InChI=1S/C11H19F2NO4/c1-3-7(2)10(11(16)17)14-9(15)4-5-18-6-8(12)13/h7-8,10H,3-6H2,1-2H3,(H,14,15)(H,16,17). The molecule has 0 fully saturated rings. The van der Waals surface area contributed by atoms with Crippen molar-refractivity contribution in [3.63, 3.8) is 0 Å². The monoisotopic (exact) mass is 267 g/mol. The predicted octanol–water partition coefficient (Wildman–Crippen LogP) is 1.27. The van der Waals surface area contributed by atoms with Gasteiger partial charge in [-0.25, -0.2) is 13.6 Å². The third-order valence-corrected chi connectivity index (χ3v) is 2.51. The van der Waals surface area contributed by atoms with E-state index in [1.165, 1.54) is 0 Å². The van der Waals surface area contributed by atoms with Crippen LogP contribution < -0.4 is 5.32 Å². The first-order valence-corrected chi connectivity index (χ1v) is 5.76. The summed E-state index contributed by atoms with van der Waals surface area (Å²) in [4.78, 5) is 22.3. The lowest BCUT2D eigenvalue weighted by Crippen LogP contribution is -2.45. The Morgan fingerprint density at radius 2 is 2.00 bits per heavy atom. The molecule has 0 aliphatic rings. The van der Waals surface area contributed by atoms with Crippen LogP contribution in [0.15, 0.2) is 0 Å². The maximum absolute atomic E-state index is 11.7. The number of alkyl halides is 2. The van der Waals surface area contributed by atoms with Crippen LogP contribution in [0.1, 0.15) is 26.7 Å². The molecule has 2 unspecified atom stereocenters. The molecule has 0 aromatic heterocycles. The van der Waals surface area contributed by atoms with Crippen LogP contribution in [-0.2, 0) is 14.3 Å². The second kappa shape index (κ2) is 8.79. The number of rotatable bonds is 9. The molecule has 0 aliphatic carbocycles. The predicted molar refractivity (Wildman–Crippen MR) is 60.5 cm³/mol. The second-order valence-electron chi connectivity index (χ2n) is 3.98. The molecule has 0 spiro atoms. The summed E-state index contributed by atoms with van der Waals surface area (Å²) in [6.07, 6.45) is -2.09. The molecule has 5 nitrogen and oxygen atoms in total. The molecule has 0 saturated heterocycles. The molecule has 0 rings (SSSR count). The lowest BCUT2D eigenvalue weighted by molar-refractivity contribution is -0.143. The molecule has 0 bridgehead atoms. The van der Waals surface area contributed by atoms with E-state index < -0.39 is 31.0 Å². The smallest absolute Gasteiger partial charge is 0.326 e. The van der Waals surface area contributed by atoms with Gasteiger partial charge in [-0.1, -0.05) is 20.3 Å². The lowest BCUT2D eigenvalue weighted by Gasteiger charge is -2.20. The zero-order valence-electron chi connectivity index (χ0n) is 10.5. The first-order valence-electron chi connectivity index (χ1n) is 5.76. The summed E-state index contributed by atoms with van der Waals surface area (Å²) in [5.74, 6) is -1.82. The van der Waals surface area contributed by atoms with Crippen LogP contribution in [0.3, 0.4) is 0 Å². The van der Waals surface area contributed by atoms with Crippen molar-refractivity contribution in [1.29, 1.82) is 0 Å². The Hall–Kier alpha value is -1.24. The van der Waals surface area contributed by atoms with Gasteiger partial charge in [0.2, 0.25) is 5.91 Å². The van der Waals surface area contributed by atoms with Gasteiger partial charge in [0.25, 0.3) is 6.43 Å². The zero-order chi connectivity index (χ0) is 14.1. The van der Waals surface area contributed by atoms with Gasteiger partial charge in [0, 0.05) is 6.42 Å². The minimum absolute atomic E-state index is 0.132. The fraction of sp³-hybridized carbons (Fsp3) is 0.818. The number of hydrogen-bond acceptors (Lipinski definition) is 3. The van der Waals surface area contributed by atoms with Gasteiger partial charge in [-0.2, -0.15) is 0 Å². The van der Waals surface area contributed by atoms with Crippen molar-refractivity contribution in [2.24, 2.45) is 5.92 Å². The average molecular weight is 267 g/mol. The Kier molecular flexibility index (Phi) is 8.19. The van der Waals surface area contributed by atoms with Gasteiger partial charge < -0.3 is 15.2 Å². The first-order chi connectivity index (χ1) is 8.38. The summed E-state index contributed by atoms with van der Waals surface area (Å²) >= 11 is 0. The Morgan fingerprint density at radius 1 is 1.39 bits per heavy atom. The number of carbonyl (C=O) groups excluding carboxylic acids is 1. The van der Waals surface area contributed by atoms with Crippen LogP contribution in [0.4, 0.5) is 8.78 Å². The fourth-order valence-corrected chi connectivity index (χ4v) is 1.27. The van der Waals surface area contributed by atoms with E-state index in [4.69, 9.17) is 5.11 Å². The molecule has 18 heavy (non-hydrogen) atoms. The highest BCUT2D eigenvalue weighted by atomic mass is 19.3. The van der Waals surface area contributed by atoms with Gasteiger partial charge in [-0.05, 0) is 5.92 Å². The summed E-state index contributed by atoms with van der Waals surface area (Å²) in [5, 5.41) is 11.3. The maximum atomic E-state index is 11.7. The van der Waals surface area contributed by atoms with E-state index in [0.29, 0.717) is 6.42 Å². The van der Waals surface area contributed by atoms with E-state index >= 15 is 0 Å². The third-order valence-electron chi connectivity index (χ3n) is 2.51. The van der Waals surface area contributed by atoms with Crippen LogP contribution >= 0.6 is 0 Å². The van der Waals surface area contributed by atoms with E-state index in [-0.39, 0.29) is 18.9 Å². The van der Waals surface area contributed by atoms with Crippen molar-refractivity contribution in [2.45, 2.75) is 39.2 Å². The normalized spacial score (nSPS) is 14.3. The largest absolute Gasteiger partial charge is 0.480 e. The Bertz CT molecular complexity index is 274. The molecule has 1 amide bonds. The van der Waals surface area contributed by atoms with E-state index in [1.54, 1.807) is 6.92 Å². The van der Waals surface area contributed by atoms with Crippen molar-refractivity contribution in [3.05, 3.63) is 0 Å². The van der Waals surface area contributed by atoms with E-state index in [9.17, 15) is 18.4 Å². The molecule has 2 N–H and O–H groups in total.